The first kappa shape index (κ1) is 20.6. The van der Waals surface area contributed by atoms with E-state index in [2.05, 4.69) is 28.4 Å². The van der Waals surface area contributed by atoms with Crippen LogP contribution in [0.1, 0.15) is 66.8 Å². The zero-order chi connectivity index (χ0) is 21.7. The molecule has 1 saturated heterocycles. The quantitative estimate of drug-likeness (QED) is 0.725. The van der Waals surface area contributed by atoms with Crippen LogP contribution in [-0.2, 0) is 30.1 Å². The number of anilines is 2. The number of hydrogen-bond donors (Lipinski definition) is 2. The molecular weight excluding hydrogens is 420 g/mol. The van der Waals surface area contributed by atoms with Crippen molar-refractivity contribution in [2.45, 2.75) is 74.1 Å². The normalized spacial score (nSPS) is 24.2. The molecule has 1 aromatic carbocycles. The van der Waals surface area contributed by atoms with Crippen LogP contribution in [0.15, 0.2) is 23.1 Å². The molecule has 0 bridgehead atoms. The summed E-state index contributed by atoms with van der Waals surface area (Å²) in [6.07, 6.45) is 9.68. The van der Waals surface area contributed by atoms with Crippen molar-refractivity contribution in [3.8, 4) is 0 Å². The Morgan fingerprint density at radius 3 is 2.66 bits per heavy atom. The minimum Gasteiger partial charge on any atom is -0.394 e. The third-order valence-corrected chi connectivity index (χ3v) is 9.50. The van der Waals surface area contributed by atoms with Gasteiger partial charge in [0, 0.05) is 25.3 Å². The van der Waals surface area contributed by atoms with Crippen molar-refractivity contribution in [2.24, 2.45) is 0 Å². The molecule has 4 aliphatic rings. The van der Waals surface area contributed by atoms with Gasteiger partial charge in [-0.2, -0.15) is 4.98 Å². The molecular formula is C25H32N4O2S. The number of piperidine rings is 1. The summed E-state index contributed by atoms with van der Waals surface area (Å²) in [6, 6.07) is 7.16. The number of aliphatic hydroxyl groups excluding tert-OH is 1. The topological polar surface area (TPSA) is 78.4 Å². The number of fused-ring (bicyclic) bond motifs is 2. The summed E-state index contributed by atoms with van der Waals surface area (Å²) in [6.45, 7) is 1.96. The molecule has 1 aromatic heterocycles. The zero-order valence-electron chi connectivity index (χ0n) is 18.6. The molecule has 1 saturated carbocycles. The molecule has 32 heavy (non-hydrogen) atoms. The van der Waals surface area contributed by atoms with Crippen molar-refractivity contribution >= 4 is 22.6 Å². The van der Waals surface area contributed by atoms with Crippen LogP contribution in [0.25, 0.3) is 0 Å². The predicted molar refractivity (Wildman–Crippen MR) is 127 cm³/mol. The number of nitrogens with zero attached hydrogens (tertiary/aromatic N) is 3. The van der Waals surface area contributed by atoms with Crippen molar-refractivity contribution in [2.75, 3.05) is 35.7 Å². The van der Waals surface area contributed by atoms with E-state index in [1.54, 1.807) is 11.1 Å². The van der Waals surface area contributed by atoms with Crippen LogP contribution in [0.2, 0.25) is 0 Å². The Balaban J connectivity index is 1.22. The van der Waals surface area contributed by atoms with E-state index in [9.17, 15) is 9.32 Å². The van der Waals surface area contributed by atoms with Crippen molar-refractivity contribution in [1.82, 2.24) is 9.97 Å². The maximum absolute atomic E-state index is 12.6. The van der Waals surface area contributed by atoms with Gasteiger partial charge in [-0.3, -0.25) is 4.21 Å². The Kier molecular flexibility index (Phi) is 5.22. The number of benzene rings is 1. The lowest BCUT2D eigenvalue weighted by Gasteiger charge is -2.42. The lowest BCUT2D eigenvalue weighted by molar-refractivity contribution is 0.143. The molecule has 0 radical (unpaired) electrons. The number of aliphatic hydroxyl groups is 1. The molecule has 3 heterocycles. The van der Waals surface area contributed by atoms with Gasteiger partial charge in [-0.15, -0.1) is 0 Å². The maximum atomic E-state index is 12.6. The van der Waals surface area contributed by atoms with E-state index >= 15 is 0 Å². The Bertz CT molecular complexity index is 1050. The molecule has 6 nitrogen and oxygen atoms in total. The highest BCUT2D eigenvalue weighted by Crippen LogP contribution is 2.39. The first-order valence-corrected chi connectivity index (χ1v) is 13.5. The molecule has 2 N–H and O–H groups in total. The van der Waals surface area contributed by atoms with Crippen LogP contribution >= 0.6 is 0 Å². The second-order valence-electron chi connectivity index (χ2n) is 10.0. The van der Waals surface area contributed by atoms with Gasteiger partial charge in [-0.1, -0.05) is 18.2 Å². The second kappa shape index (κ2) is 8.10. The number of rotatable bonds is 5. The Labute approximate surface area is 192 Å². The maximum Gasteiger partial charge on any atom is 0.227 e. The van der Waals surface area contributed by atoms with Gasteiger partial charge in [0.2, 0.25) is 5.95 Å². The van der Waals surface area contributed by atoms with Crippen LogP contribution in [0, 0.1) is 0 Å². The van der Waals surface area contributed by atoms with E-state index in [-0.39, 0.29) is 12.1 Å². The lowest BCUT2D eigenvalue weighted by atomic mass is 9.77. The highest BCUT2D eigenvalue weighted by Gasteiger charge is 2.39. The summed E-state index contributed by atoms with van der Waals surface area (Å²) in [4.78, 5) is 12.8. The molecule has 7 heteroatoms. The molecule has 2 aliphatic heterocycles. The first-order valence-electron chi connectivity index (χ1n) is 12.2. The summed E-state index contributed by atoms with van der Waals surface area (Å²) in [5.74, 6) is 2.67. The van der Waals surface area contributed by atoms with Gasteiger partial charge in [-0.05, 0) is 74.0 Å². The molecule has 0 unspecified atom stereocenters. The minimum atomic E-state index is -1.06. The fourth-order valence-electron chi connectivity index (χ4n) is 5.85. The molecule has 2 aliphatic carbocycles. The summed E-state index contributed by atoms with van der Waals surface area (Å²) < 4.78 is 12.6. The molecule has 170 valence electrons. The van der Waals surface area contributed by atoms with Crippen molar-refractivity contribution in [3.05, 3.63) is 40.6 Å². The third-order valence-electron chi connectivity index (χ3n) is 8.04. The lowest BCUT2D eigenvalue weighted by Crippen LogP contribution is -2.48. The number of aromatic nitrogens is 2. The van der Waals surface area contributed by atoms with E-state index < -0.39 is 10.8 Å². The van der Waals surface area contributed by atoms with Crippen molar-refractivity contribution in [3.63, 3.8) is 0 Å². The number of aryl methyl sites for hydroxylation is 3. The van der Waals surface area contributed by atoms with E-state index in [0.717, 1.165) is 68.2 Å². The van der Waals surface area contributed by atoms with Gasteiger partial charge in [0.15, 0.2) is 0 Å². The van der Waals surface area contributed by atoms with Crippen LogP contribution < -0.4 is 10.2 Å². The summed E-state index contributed by atoms with van der Waals surface area (Å²) in [7, 11) is -1.06. The monoisotopic (exact) mass is 452 g/mol. The van der Waals surface area contributed by atoms with Gasteiger partial charge < -0.3 is 15.3 Å². The standard InChI is InChI=1S/C25H32N4O2S/c30-16-25(10-2-11-25)28-23-22-21(9-14-32(22)31)26-24(27-23)29-12-7-18(8-13-29)20-6-5-17-3-1-4-19(17)15-20/h5-6,15,18,30H,1-4,7-14,16H2,(H,26,27,28)/t32-/m0/s1. The van der Waals surface area contributed by atoms with E-state index in [1.165, 1.54) is 24.8 Å². The van der Waals surface area contributed by atoms with Gasteiger partial charge >= 0.3 is 0 Å². The Hall–Kier alpha value is -1.99. The van der Waals surface area contributed by atoms with Crippen molar-refractivity contribution in [1.29, 1.82) is 0 Å². The largest absolute Gasteiger partial charge is 0.394 e. The number of nitrogens with one attached hydrogen (secondary N) is 1. The second-order valence-corrected chi connectivity index (χ2v) is 11.5. The van der Waals surface area contributed by atoms with Crippen LogP contribution in [0.4, 0.5) is 11.8 Å². The Morgan fingerprint density at radius 2 is 1.91 bits per heavy atom. The molecule has 1 atom stereocenters. The average Bonchev–Trinajstić information content (AvgIpc) is 3.42. The molecule has 2 fully saturated rings. The average molecular weight is 453 g/mol. The van der Waals surface area contributed by atoms with Gasteiger partial charge in [0.25, 0.3) is 0 Å². The van der Waals surface area contributed by atoms with Crippen LogP contribution in [-0.4, -0.2) is 50.3 Å². The van der Waals surface area contributed by atoms with Crippen LogP contribution in [0.5, 0.6) is 0 Å². The van der Waals surface area contributed by atoms with Crippen LogP contribution in [0.3, 0.4) is 0 Å². The first-order chi connectivity index (χ1) is 15.6. The summed E-state index contributed by atoms with van der Waals surface area (Å²) >= 11 is 0. The molecule has 2 aromatic rings. The van der Waals surface area contributed by atoms with E-state index in [0.29, 0.717) is 17.5 Å². The van der Waals surface area contributed by atoms with E-state index in [1.807, 2.05) is 0 Å². The smallest absolute Gasteiger partial charge is 0.227 e. The fraction of sp³-hybridized carbons (Fsp3) is 0.600. The van der Waals surface area contributed by atoms with Gasteiger partial charge in [-0.25, -0.2) is 4.98 Å². The minimum absolute atomic E-state index is 0.0833. The van der Waals surface area contributed by atoms with Crippen molar-refractivity contribution < 1.29 is 9.32 Å². The third kappa shape index (κ3) is 3.54. The summed E-state index contributed by atoms with van der Waals surface area (Å²) in [5, 5.41) is 13.4. The molecule has 0 amide bonds. The SMILES string of the molecule is O=[S@]1CCc2nc(N3CCC(c4ccc5c(c4)CCC5)CC3)nc(NC3(CO)CCC3)c21. The van der Waals surface area contributed by atoms with E-state index in [4.69, 9.17) is 9.97 Å². The zero-order valence-corrected chi connectivity index (χ0v) is 19.4. The summed E-state index contributed by atoms with van der Waals surface area (Å²) in [5.41, 5.74) is 5.20. The Morgan fingerprint density at radius 1 is 1.09 bits per heavy atom. The van der Waals surface area contributed by atoms with Gasteiger partial charge in [0.1, 0.15) is 10.7 Å². The molecule has 0 spiro atoms. The highest BCUT2D eigenvalue weighted by atomic mass is 32.2. The number of hydrogen-bond acceptors (Lipinski definition) is 6. The highest BCUT2D eigenvalue weighted by molar-refractivity contribution is 7.85. The fourth-order valence-corrected chi connectivity index (χ4v) is 7.15. The van der Waals surface area contributed by atoms with Gasteiger partial charge in [0.05, 0.1) is 28.6 Å². The molecule has 6 rings (SSSR count). The predicted octanol–water partition coefficient (Wildman–Crippen LogP) is 3.34.